The van der Waals surface area contributed by atoms with Crippen molar-refractivity contribution < 1.29 is 9.90 Å². The van der Waals surface area contributed by atoms with Crippen LogP contribution < -0.4 is 0 Å². The zero-order valence-corrected chi connectivity index (χ0v) is 10.4. The summed E-state index contributed by atoms with van der Waals surface area (Å²) in [5.74, 6) is 0.172. The Labute approximate surface area is 96.4 Å². The van der Waals surface area contributed by atoms with Crippen LogP contribution in [0.5, 0.6) is 0 Å². The quantitative estimate of drug-likeness (QED) is 0.751. The van der Waals surface area contributed by atoms with E-state index in [2.05, 4.69) is 13.8 Å². The highest BCUT2D eigenvalue weighted by Crippen LogP contribution is 2.35. The Morgan fingerprint density at radius 1 is 1.67 bits per heavy atom. The summed E-state index contributed by atoms with van der Waals surface area (Å²) in [5.41, 5.74) is -0.00520. The maximum atomic E-state index is 11.8. The van der Waals surface area contributed by atoms with E-state index in [9.17, 15) is 9.90 Å². The van der Waals surface area contributed by atoms with Gasteiger partial charge in [-0.05, 0) is 11.8 Å². The number of rotatable bonds is 3. The van der Waals surface area contributed by atoms with E-state index in [0.29, 0.717) is 19.5 Å². The molecule has 0 unspecified atom stereocenters. The topological polar surface area (TPSA) is 40.5 Å². The molecule has 1 aliphatic heterocycles. The molecule has 0 aromatic carbocycles. The summed E-state index contributed by atoms with van der Waals surface area (Å²) in [7, 11) is 0. The third-order valence-corrected chi connectivity index (χ3v) is 3.80. The summed E-state index contributed by atoms with van der Waals surface area (Å²) in [4.78, 5) is 13.6. The normalized spacial score (nSPS) is 26.7. The number of nitrogens with zero attached hydrogens (tertiary/aromatic N) is 1. The van der Waals surface area contributed by atoms with Crippen LogP contribution >= 0.6 is 11.6 Å². The van der Waals surface area contributed by atoms with Crippen molar-refractivity contribution in [3.8, 4) is 0 Å². The summed E-state index contributed by atoms with van der Waals surface area (Å²) in [6.45, 7) is 7.52. The van der Waals surface area contributed by atoms with Gasteiger partial charge in [-0.25, -0.2) is 0 Å². The van der Waals surface area contributed by atoms with E-state index in [-0.39, 0.29) is 23.8 Å². The molecule has 4 heteroatoms. The first-order valence-electron chi connectivity index (χ1n) is 5.46. The van der Waals surface area contributed by atoms with E-state index < -0.39 is 5.38 Å². The van der Waals surface area contributed by atoms with E-state index in [1.54, 1.807) is 4.90 Å². The minimum atomic E-state index is -0.418. The van der Waals surface area contributed by atoms with Crippen molar-refractivity contribution in [2.24, 2.45) is 11.3 Å². The van der Waals surface area contributed by atoms with Gasteiger partial charge in [0.2, 0.25) is 5.91 Å². The van der Waals surface area contributed by atoms with Crippen LogP contribution in [0.4, 0.5) is 0 Å². The number of hydrogen-bond acceptors (Lipinski definition) is 2. The van der Waals surface area contributed by atoms with Crippen molar-refractivity contribution in [2.75, 3.05) is 19.7 Å². The van der Waals surface area contributed by atoms with E-state index in [1.807, 2.05) is 6.92 Å². The SMILES string of the molecule is CC[C@H](Cl)C(=O)N1C[C@@H](CO)C(C)(C)C1. The van der Waals surface area contributed by atoms with Gasteiger partial charge in [0.05, 0.1) is 0 Å². The van der Waals surface area contributed by atoms with Crippen LogP contribution in [0.15, 0.2) is 0 Å². The van der Waals surface area contributed by atoms with Gasteiger partial charge in [0, 0.05) is 25.6 Å². The molecule has 0 saturated carbocycles. The predicted molar refractivity (Wildman–Crippen MR) is 60.9 cm³/mol. The standard InChI is InChI=1S/C11H20ClNO2/c1-4-9(12)10(15)13-5-8(6-14)11(2,3)7-13/h8-9,14H,4-7H2,1-3H3/t8-,9-/m0/s1. The molecule has 88 valence electrons. The first kappa shape index (κ1) is 12.8. The van der Waals surface area contributed by atoms with E-state index in [0.717, 1.165) is 0 Å². The molecule has 1 amide bonds. The van der Waals surface area contributed by atoms with Crippen molar-refractivity contribution >= 4 is 17.5 Å². The maximum Gasteiger partial charge on any atom is 0.240 e. The van der Waals surface area contributed by atoms with Crippen LogP contribution in [0, 0.1) is 11.3 Å². The lowest BCUT2D eigenvalue weighted by Crippen LogP contribution is -2.35. The van der Waals surface area contributed by atoms with Crippen LogP contribution in [-0.4, -0.2) is 41.0 Å². The molecule has 1 N–H and O–H groups in total. The third kappa shape index (κ3) is 2.64. The van der Waals surface area contributed by atoms with Gasteiger partial charge in [-0.15, -0.1) is 11.6 Å². The van der Waals surface area contributed by atoms with E-state index in [1.165, 1.54) is 0 Å². The molecule has 1 aliphatic rings. The molecule has 0 aliphatic carbocycles. The highest BCUT2D eigenvalue weighted by molar-refractivity contribution is 6.30. The molecule has 2 atom stereocenters. The van der Waals surface area contributed by atoms with E-state index >= 15 is 0 Å². The summed E-state index contributed by atoms with van der Waals surface area (Å²) < 4.78 is 0. The van der Waals surface area contributed by atoms with Gasteiger partial charge in [-0.3, -0.25) is 4.79 Å². The fourth-order valence-corrected chi connectivity index (χ4v) is 2.18. The van der Waals surface area contributed by atoms with Crippen molar-refractivity contribution in [1.82, 2.24) is 4.90 Å². The number of amides is 1. The highest BCUT2D eigenvalue weighted by atomic mass is 35.5. The molecule has 15 heavy (non-hydrogen) atoms. The zero-order valence-electron chi connectivity index (χ0n) is 9.66. The third-order valence-electron chi connectivity index (χ3n) is 3.30. The van der Waals surface area contributed by atoms with Gasteiger partial charge >= 0.3 is 0 Å². The van der Waals surface area contributed by atoms with Crippen LogP contribution in [0.25, 0.3) is 0 Å². The number of hydrogen-bond donors (Lipinski definition) is 1. The van der Waals surface area contributed by atoms with Gasteiger partial charge < -0.3 is 10.0 Å². The molecular weight excluding hydrogens is 214 g/mol. The smallest absolute Gasteiger partial charge is 0.240 e. The molecule has 0 aromatic heterocycles. The second-order valence-electron chi connectivity index (χ2n) is 4.96. The molecule has 3 nitrogen and oxygen atoms in total. The summed E-state index contributed by atoms with van der Waals surface area (Å²) in [6.07, 6.45) is 0.654. The second-order valence-corrected chi connectivity index (χ2v) is 5.49. The summed E-state index contributed by atoms with van der Waals surface area (Å²) in [6, 6.07) is 0. The van der Waals surface area contributed by atoms with Crippen molar-refractivity contribution in [2.45, 2.75) is 32.6 Å². The highest BCUT2D eigenvalue weighted by Gasteiger charge is 2.41. The molecule has 1 rings (SSSR count). The number of aliphatic hydroxyl groups excluding tert-OH is 1. The van der Waals surface area contributed by atoms with Gasteiger partial charge in [-0.2, -0.15) is 0 Å². The van der Waals surface area contributed by atoms with Crippen molar-refractivity contribution in [3.63, 3.8) is 0 Å². The summed E-state index contributed by atoms with van der Waals surface area (Å²) >= 11 is 5.93. The molecule has 0 bridgehead atoms. The van der Waals surface area contributed by atoms with Gasteiger partial charge in [-0.1, -0.05) is 20.8 Å². The first-order chi connectivity index (χ1) is 6.92. The fourth-order valence-electron chi connectivity index (χ4n) is 2.04. The Morgan fingerprint density at radius 3 is 2.67 bits per heavy atom. The molecule has 1 fully saturated rings. The van der Waals surface area contributed by atoms with Gasteiger partial charge in [0.25, 0.3) is 0 Å². The monoisotopic (exact) mass is 233 g/mol. The fraction of sp³-hybridized carbons (Fsp3) is 0.909. The van der Waals surface area contributed by atoms with Crippen LogP contribution in [0.2, 0.25) is 0 Å². The molecule has 0 spiro atoms. The molecule has 1 heterocycles. The first-order valence-corrected chi connectivity index (χ1v) is 5.89. The number of carbonyl (C=O) groups excluding carboxylic acids is 1. The Morgan fingerprint density at radius 2 is 2.27 bits per heavy atom. The molecule has 0 aromatic rings. The van der Waals surface area contributed by atoms with Gasteiger partial charge in [0.1, 0.15) is 5.38 Å². The summed E-state index contributed by atoms with van der Waals surface area (Å²) in [5, 5.41) is 8.81. The van der Waals surface area contributed by atoms with Crippen molar-refractivity contribution in [3.05, 3.63) is 0 Å². The minimum absolute atomic E-state index is 0.00296. The largest absolute Gasteiger partial charge is 0.396 e. The lowest BCUT2D eigenvalue weighted by Gasteiger charge is -2.23. The second kappa shape index (κ2) is 4.71. The number of aliphatic hydroxyl groups is 1. The number of halogens is 1. The number of likely N-dealkylation sites (tertiary alicyclic amines) is 1. The van der Waals surface area contributed by atoms with Gasteiger partial charge in [0.15, 0.2) is 0 Å². The van der Waals surface area contributed by atoms with Crippen LogP contribution in [0.1, 0.15) is 27.2 Å². The Kier molecular flexibility index (Phi) is 4.01. The van der Waals surface area contributed by atoms with E-state index in [4.69, 9.17) is 11.6 Å². The Hall–Kier alpha value is -0.280. The Balaban J connectivity index is 2.65. The molecular formula is C11H20ClNO2. The number of alkyl halides is 1. The number of carbonyl (C=O) groups is 1. The average Bonchev–Trinajstić information content (AvgIpc) is 2.51. The van der Waals surface area contributed by atoms with Crippen LogP contribution in [0.3, 0.4) is 0 Å². The van der Waals surface area contributed by atoms with Crippen molar-refractivity contribution in [1.29, 1.82) is 0 Å². The molecule has 0 radical (unpaired) electrons. The zero-order chi connectivity index (χ0) is 11.6. The lowest BCUT2D eigenvalue weighted by atomic mass is 9.83. The molecule has 1 saturated heterocycles. The average molecular weight is 234 g/mol. The Bertz CT molecular complexity index is 243. The predicted octanol–water partition coefficient (Wildman–Crippen LogP) is 1.48. The van der Waals surface area contributed by atoms with Crippen LogP contribution in [-0.2, 0) is 4.79 Å². The maximum absolute atomic E-state index is 11.8. The lowest BCUT2D eigenvalue weighted by molar-refractivity contribution is -0.130. The minimum Gasteiger partial charge on any atom is -0.396 e.